The van der Waals surface area contributed by atoms with Crippen molar-refractivity contribution in [3.05, 3.63) is 96.5 Å². The van der Waals surface area contributed by atoms with Gasteiger partial charge in [0.05, 0.1) is 6.04 Å². The highest BCUT2D eigenvalue weighted by Gasteiger charge is 2.13. The number of carbonyl (C=O) groups excluding carboxylic acids is 1. The molecule has 0 fully saturated rings. The molecule has 0 aliphatic carbocycles. The standard InChI is InChI=1S/C22H20N6O2/c1-16(18-4-6-20(7-5-18)30-13-17-3-2-9-23-12-17)27-22(29)19-8-10-25-21(11-19)28-15-24-14-26-28/h2-12,14-16H,13H2,1H3,(H,27,29). The Labute approximate surface area is 173 Å². The highest BCUT2D eigenvalue weighted by atomic mass is 16.5. The van der Waals surface area contributed by atoms with Crippen molar-refractivity contribution >= 4 is 5.91 Å². The number of hydrogen-bond donors (Lipinski definition) is 1. The molecule has 1 amide bonds. The number of nitrogens with zero attached hydrogens (tertiary/aromatic N) is 5. The van der Waals surface area contributed by atoms with Crippen LogP contribution < -0.4 is 10.1 Å². The van der Waals surface area contributed by atoms with Crippen LogP contribution in [0.4, 0.5) is 0 Å². The van der Waals surface area contributed by atoms with Crippen molar-refractivity contribution in [2.75, 3.05) is 0 Å². The van der Waals surface area contributed by atoms with E-state index < -0.39 is 0 Å². The molecule has 4 aromatic rings. The fourth-order valence-corrected chi connectivity index (χ4v) is 2.88. The second kappa shape index (κ2) is 8.95. The first-order chi connectivity index (χ1) is 14.7. The molecular formula is C22H20N6O2. The molecule has 4 rings (SSSR count). The van der Waals surface area contributed by atoms with Crippen molar-refractivity contribution in [3.63, 3.8) is 0 Å². The first-order valence-corrected chi connectivity index (χ1v) is 9.42. The Bertz CT molecular complexity index is 1100. The fraction of sp³-hybridized carbons (Fsp3) is 0.136. The van der Waals surface area contributed by atoms with E-state index >= 15 is 0 Å². The predicted octanol–water partition coefficient (Wildman–Crippen LogP) is 3.13. The summed E-state index contributed by atoms with van der Waals surface area (Å²) in [5, 5.41) is 7.04. The van der Waals surface area contributed by atoms with E-state index in [1.54, 1.807) is 30.7 Å². The number of pyridine rings is 2. The first kappa shape index (κ1) is 19.3. The molecule has 30 heavy (non-hydrogen) atoms. The summed E-state index contributed by atoms with van der Waals surface area (Å²) in [6, 6.07) is 14.7. The molecule has 150 valence electrons. The number of carbonyl (C=O) groups is 1. The van der Waals surface area contributed by atoms with E-state index in [1.807, 2.05) is 43.3 Å². The molecule has 0 aliphatic rings. The summed E-state index contributed by atoms with van der Waals surface area (Å²) in [6.07, 6.45) is 8.03. The van der Waals surface area contributed by atoms with Gasteiger partial charge < -0.3 is 10.1 Å². The van der Waals surface area contributed by atoms with E-state index in [-0.39, 0.29) is 11.9 Å². The molecule has 0 spiro atoms. The average molecular weight is 400 g/mol. The summed E-state index contributed by atoms with van der Waals surface area (Å²) in [4.78, 5) is 24.8. The van der Waals surface area contributed by atoms with Crippen molar-refractivity contribution in [1.82, 2.24) is 30.0 Å². The second-order valence-electron chi connectivity index (χ2n) is 6.66. The van der Waals surface area contributed by atoms with Crippen LogP contribution >= 0.6 is 0 Å². The molecule has 0 saturated heterocycles. The Balaban J connectivity index is 1.37. The fourth-order valence-electron chi connectivity index (χ4n) is 2.88. The molecule has 1 unspecified atom stereocenters. The molecule has 8 nitrogen and oxygen atoms in total. The molecular weight excluding hydrogens is 380 g/mol. The molecule has 0 aliphatic heterocycles. The molecule has 0 radical (unpaired) electrons. The van der Waals surface area contributed by atoms with Crippen LogP contribution in [0.5, 0.6) is 5.75 Å². The van der Waals surface area contributed by atoms with Crippen molar-refractivity contribution in [1.29, 1.82) is 0 Å². The number of hydrogen-bond acceptors (Lipinski definition) is 6. The zero-order valence-electron chi connectivity index (χ0n) is 16.3. The van der Waals surface area contributed by atoms with Crippen LogP contribution in [0.25, 0.3) is 5.82 Å². The minimum absolute atomic E-state index is 0.173. The van der Waals surface area contributed by atoms with E-state index in [9.17, 15) is 4.79 Å². The highest BCUT2D eigenvalue weighted by Crippen LogP contribution is 2.19. The van der Waals surface area contributed by atoms with Crippen molar-refractivity contribution in [2.45, 2.75) is 19.6 Å². The Morgan fingerprint density at radius 3 is 2.73 bits per heavy atom. The molecule has 0 saturated carbocycles. The topological polar surface area (TPSA) is 94.8 Å². The van der Waals surface area contributed by atoms with E-state index in [0.717, 1.165) is 16.9 Å². The number of amides is 1. The van der Waals surface area contributed by atoms with Crippen molar-refractivity contribution in [2.24, 2.45) is 0 Å². The lowest BCUT2D eigenvalue weighted by Gasteiger charge is -2.15. The second-order valence-corrected chi connectivity index (χ2v) is 6.66. The molecule has 3 aromatic heterocycles. The maximum atomic E-state index is 12.7. The number of benzene rings is 1. The maximum absolute atomic E-state index is 12.7. The quantitative estimate of drug-likeness (QED) is 0.512. The van der Waals surface area contributed by atoms with Crippen LogP contribution in [0.3, 0.4) is 0 Å². The summed E-state index contributed by atoms with van der Waals surface area (Å²) in [5.74, 6) is 1.10. The molecule has 3 heterocycles. The Morgan fingerprint density at radius 1 is 1.13 bits per heavy atom. The molecule has 0 bridgehead atoms. The van der Waals surface area contributed by atoms with E-state index in [4.69, 9.17) is 4.74 Å². The van der Waals surface area contributed by atoms with Gasteiger partial charge in [0, 0.05) is 29.7 Å². The lowest BCUT2D eigenvalue weighted by Crippen LogP contribution is -2.26. The van der Waals surface area contributed by atoms with Crippen LogP contribution in [-0.4, -0.2) is 30.6 Å². The van der Waals surface area contributed by atoms with Gasteiger partial charge in [-0.15, -0.1) is 0 Å². The van der Waals surface area contributed by atoms with Gasteiger partial charge in [0.1, 0.15) is 25.0 Å². The largest absolute Gasteiger partial charge is 0.489 e. The number of aromatic nitrogens is 5. The molecule has 1 aromatic carbocycles. The first-order valence-electron chi connectivity index (χ1n) is 9.42. The molecule has 1 atom stereocenters. The third-order valence-electron chi connectivity index (χ3n) is 4.52. The summed E-state index contributed by atoms with van der Waals surface area (Å²) in [7, 11) is 0. The van der Waals surface area contributed by atoms with Crippen LogP contribution in [-0.2, 0) is 6.61 Å². The lowest BCUT2D eigenvalue weighted by molar-refractivity contribution is 0.0939. The summed E-state index contributed by atoms with van der Waals surface area (Å²) in [5.41, 5.74) is 2.48. The van der Waals surface area contributed by atoms with Gasteiger partial charge in [0.2, 0.25) is 0 Å². The Kier molecular flexibility index (Phi) is 5.75. The predicted molar refractivity (Wildman–Crippen MR) is 110 cm³/mol. The molecule has 8 heteroatoms. The Hall–Kier alpha value is -4.07. The number of nitrogens with one attached hydrogen (secondary N) is 1. The van der Waals surface area contributed by atoms with Crippen LogP contribution in [0.2, 0.25) is 0 Å². The monoisotopic (exact) mass is 400 g/mol. The smallest absolute Gasteiger partial charge is 0.251 e. The summed E-state index contributed by atoms with van der Waals surface area (Å²) < 4.78 is 7.28. The molecule has 1 N–H and O–H groups in total. The Morgan fingerprint density at radius 2 is 2.00 bits per heavy atom. The minimum atomic E-state index is -0.192. The van der Waals surface area contributed by atoms with E-state index in [0.29, 0.717) is 18.0 Å². The zero-order chi connectivity index (χ0) is 20.8. The number of rotatable bonds is 7. The zero-order valence-corrected chi connectivity index (χ0v) is 16.3. The third kappa shape index (κ3) is 4.67. The SMILES string of the molecule is CC(NC(=O)c1ccnc(-n2cncn2)c1)c1ccc(OCc2cccnc2)cc1. The van der Waals surface area contributed by atoms with Gasteiger partial charge in [-0.25, -0.2) is 14.6 Å². The highest BCUT2D eigenvalue weighted by molar-refractivity contribution is 5.94. The minimum Gasteiger partial charge on any atom is -0.489 e. The summed E-state index contributed by atoms with van der Waals surface area (Å²) in [6.45, 7) is 2.39. The van der Waals surface area contributed by atoms with Crippen LogP contribution in [0.1, 0.15) is 34.5 Å². The van der Waals surface area contributed by atoms with Gasteiger partial charge in [0.25, 0.3) is 5.91 Å². The van der Waals surface area contributed by atoms with Gasteiger partial charge in [-0.1, -0.05) is 18.2 Å². The van der Waals surface area contributed by atoms with Gasteiger partial charge in [-0.05, 0) is 42.8 Å². The third-order valence-corrected chi connectivity index (χ3v) is 4.52. The van der Waals surface area contributed by atoms with Crippen LogP contribution in [0, 0.1) is 0 Å². The van der Waals surface area contributed by atoms with E-state index in [1.165, 1.54) is 17.3 Å². The normalized spacial score (nSPS) is 11.6. The van der Waals surface area contributed by atoms with E-state index in [2.05, 4.69) is 25.4 Å². The average Bonchev–Trinajstić information content (AvgIpc) is 3.34. The van der Waals surface area contributed by atoms with Crippen molar-refractivity contribution in [3.8, 4) is 11.6 Å². The van der Waals surface area contributed by atoms with Gasteiger partial charge in [0.15, 0.2) is 5.82 Å². The van der Waals surface area contributed by atoms with Crippen molar-refractivity contribution < 1.29 is 9.53 Å². The number of ether oxygens (including phenoxy) is 1. The van der Waals surface area contributed by atoms with Gasteiger partial charge in [-0.3, -0.25) is 9.78 Å². The van der Waals surface area contributed by atoms with Gasteiger partial charge >= 0.3 is 0 Å². The lowest BCUT2D eigenvalue weighted by atomic mass is 10.1. The summed E-state index contributed by atoms with van der Waals surface area (Å²) >= 11 is 0. The van der Waals surface area contributed by atoms with Gasteiger partial charge in [-0.2, -0.15) is 5.10 Å². The maximum Gasteiger partial charge on any atom is 0.251 e. The van der Waals surface area contributed by atoms with Crippen LogP contribution in [0.15, 0.2) is 79.8 Å².